The molecule has 0 bridgehead atoms. The van der Waals surface area contributed by atoms with Gasteiger partial charge in [0.05, 0.1) is 17.4 Å². The van der Waals surface area contributed by atoms with E-state index in [0.717, 1.165) is 36.2 Å². The summed E-state index contributed by atoms with van der Waals surface area (Å²) >= 11 is 0. The Morgan fingerprint density at radius 2 is 2.05 bits per heavy atom. The number of H-pyrrole nitrogens is 1. The summed E-state index contributed by atoms with van der Waals surface area (Å²) in [5.74, 6) is 0.107. The number of nitrogens with zero attached hydrogens (tertiary/aromatic N) is 2. The van der Waals surface area contributed by atoms with Crippen molar-refractivity contribution in [1.82, 2.24) is 20.7 Å². The predicted molar refractivity (Wildman–Crippen MR) is 84.3 cm³/mol. The number of fused-ring (bicyclic) bond motifs is 1. The van der Waals surface area contributed by atoms with Crippen LogP contribution in [0, 0.1) is 5.92 Å². The van der Waals surface area contributed by atoms with Crippen molar-refractivity contribution in [2.75, 3.05) is 0 Å². The molecule has 22 heavy (non-hydrogen) atoms. The van der Waals surface area contributed by atoms with Crippen LogP contribution in [0.2, 0.25) is 0 Å². The van der Waals surface area contributed by atoms with Crippen molar-refractivity contribution in [3.8, 4) is 0 Å². The summed E-state index contributed by atoms with van der Waals surface area (Å²) < 4.78 is 0. The number of aryl methyl sites for hydroxylation is 2. The van der Waals surface area contributed by atoms with Gasteiger partial charge in [0.1, 0.15) is 0 Å². The van der Waals surface area contributed by atoms with E-state index in [4.69, 9.17) is 0 Å². The fourth-order valence-corrected chi connectivity index (χ4v) is 2.97. The molecule has 116 valence electrons. The molecule has 0 radical (unpaired) electrons. The Balaban J connectivity index is 1.61. The number of hydrogen-bond donors (Lipinski definition) is 2. The number of aromatic nitrogens is 3. The highest BCUT2D eigenvalue weighted by molar-refractivity contribution is 5.79. The number of hydrogen-bond acceptors (Lipinski definition) is 3. The van der Waals surface area contributed by atoms with E-state index in [1.807, 2.05) is 6.92 Å². The standard InChI is InChI=1S/C17H22N4O/c1-3-12-4-6-13(7-5-12)11(2)18-17(22)14-8-9-15-16(10-14)20-21-19-15/h4-7,11,14H,3,8-10H2,1-2H3,(H,18,22)(H,19,20,21). The SMILES string of the molecule is CCc1ccc(C(C)NC(=O)C2CCc3n[nH]nc3C2)cc1. The van der Waals surface area contributed by atoms with Crippen molar-refractivity contribution in [3.05, 3.63) is 46.8 Å². The zero-order chi connectivity index (χ0) is 15.5. The Labute approximate surface area is 130 Å². The Bertz CT molecular complexity index is 647. The highest BCUT2D eigenvalue weighted by atomic mass is 16.1. The maximum absolute atomic E-state index is 12.5. The minimum Gasteiger partial charge on any atom is -0.349 e. The van der Waals surface area contributed by atoms with Gasteiger partial charge in [0.15, 0.2) is 0 Å². The van der Waals surface area contributed by atoms with Gasteiger partial charge in [0.2, 0.25) is 5.91 Å². The van der Waals surface area contributed by atoms with Gasteiger partial charge in [-0.15, -0.1) is 0 Å². The monoisotopic (exact) mass is 298 g/mol. The first-order valence-electron chi connectivity index (χ1n) is 7.95. The van der Waals surface area contributed by atoms with Gasteiger partial charge in [-0.3, -0.25) is 4.79 Å². The fraction of sp³-hybridized carbons (Fsp3) is 0.471. The van der Waals surface area contributed by atoms with Crippen LogP contribution in [0.4, 0.5) is 0 Å². The molecular formula is C17H22N4O. The van der Waals surface area contributed by atoms with Crippen molar-refractivity contribution in [1.29, 1.82) is 0 Å². The molecule has 5 heteroatoms. The molecule has 1 heterocycles. The van der Waals surface area contributed by atoms with Crippen LogP contribution in [0.15, 0.2) is 24.3 Å². The minimum absolute atomic E-state index is 0.00466. The molecule has 0 spiro atoms. The average Bonchev–Trinajstić information content (AvgIpc) is 3.02. The van der Waals surface area contributed by atoms with Crippen LogP contribution < -0.4 is 5.32 Å². The first-order valence-corrected chi connectivity index (χ1v) is 7.95. The number of aromatic amines is 1. The Hall–Kier alpha value is -2.17. The number of amides is 1. The van der Waals surface area contributed by atoms with Crippen LogP contribution in [-0.2, 0) is 24.1 Å². The van der Waals surface area contributed by atoms with Crippen LogP contribution in [0.1, 0.15) is 48.8 Å². The molecule has 2 unspecified atom stereocenters. The molecule has 2 N–H and O–H groups in total. The lowest BCUT2D eigenvalue weighted by molar-refractivity contribution is -0.126. The molecule has 2 aromatic rings. The number of carbonyl (C=O) groups is 1. The van der Waals surface area contributed by atoms with Gasteiger partial charge in [-0.05, 0) is 37.3 Å². The summed E-state index contributed by atoms with van der Waals surface area (Å²) in [7, 11) is 0. The van der Waals surface area contributed by atoms with Crippen molar-refractivity contribution >= 4 is 5.91 Å². The second-order valence-corrected chi connectivity index (χ2v) is 5.98. The molecule has 0 saturated carbocycles. The molecule has 0 fully saturated rings. The van der Waals surface area contributed by atoms with Crippen molar-refractivity contribution < 1.29 is 4.79 Å². The van der Waals surface area contributed by atoms with Gasteiger partial charge in [-0.2, -0.15) is 15.4 Å². The third-order valence-corrected chi connectivity index (χ3v) is 4.49. The molecule has 1 aliphatic carbocycles. The maximum Gasteiger partial charge on any atom is 0.223 e. The summed E-state index contributed by atoms with van der Waals surface area (Å²) in [5.41, 5.74) is 4.40. The summed E-state index contributed by atoms with van der Waals surface area (Å²) in [6.45, 7) is 4.17. The highest BCUT2D eigenvalue weighted by Crippen LogP contribution is 2.23. The molecule has 3 rings (SSSR count). The van der Waals surface area contributed by atoms with Gasteiger partial charge >= 0.3 is 0 Å². The quantitative estimate of drug-likeness (QED) is 0.910. The average molecular weight is 298 g/mol. The number of nitrogens with one attached hydrogen (secondary N) is 2. The normalized spacial score (nSPS) is 18.5. The molecule has 0 saturated heterocycles. The largest absolute Gasteiger partial charge is 0.349 e. The molecule has 0 aliphatic heterocycles. The van der Waals surface area contributed by atoms with Crippen molar-refractivity contribution in [2.24, 2.45) is 5.92 Å². The molecule has 1 aliphatic rings. The van der Waals surface area contributed by atoms with Gasteiger partial charge in [-0.1, -0.05) is 31.2 Å². The summed E-state index contributed by atoms with van der Waals surface area (Å²) in [6, 6.07) is 8.47. The van der Waals surface area contributed by atoms with Gasteiger partial charge in [0, 0.05) is 12.3 Å². The summed E-state index contributed by atoms with van der Waals surface area (Å²) in [5, 5.41) is 14.0. The van der Waals surface area contributed by atoms with E-state index < -0.39 is 0 Å². The van der Waals surface area contributed by atoms with E-state index in [-0.39, 0.29) is 17.9 Å². The zero-order valence-electron chi connectivity index (χ0n) is 13.1. The van der Waals surface area contributed by atoms with Gasteiger partial charge < -0.3 is 5.32 Å². The lowest BCUT2D eigenvalue weighted by Crippen LogP contribution is -2.35. The van der Waals surface area contributed by atoms with Crippen LogP contribution in [-0.4, -0.2) is 21.3 Å². The van der Waals surface area contributed by atoms with E-state index in [9.17, 15) is 4.79 Å². The van der Waals surface area contributed by atoms with E-state index in [0.29, 0.717) is 6.42 Å². The van der Waals surface area contributed by atoms with Crippen LogP contribution >= 0.6 is 0 Å². The third-order valence-electron chi connectivity index (χ3n) is 4.49. The van der Waals surface area contributed by atoms with Crippen molar-refractivity contribution in [3.63, 3.8) is 0 Å². The summed E-state index contributed by atoms with van der Waals surface area (Å²) in [6.07, 6.45) is 3.37. The van der Waals surface area contributed by atoms with Gasteiger partial charge in [0.25, 0.3) is 0 Å². The van der Waals surface area contributed by atoms with Crippen LogP contribution in [0.3, 0.4) is 0 Å². The molecule has 2 atom stereocenters. The van der Waals surface area contributed by atoms with Crippen molar-refractivity contribution in [2.45, 2.75) is 45.6 Å². The topological polar surface area (TPSA) is 70.7 Å². The highest BCUT2D eigenvalue weighted by Gasteiger charge is 2.27. The first-order chi connectivity index (χ1) is 10.7. The molecule has 5 nitrogen and oxygen atoms in total. The summed E-state index contributed by atoms with van der Waals surface area (Å²) in [4.78, 5) is 12.5. The lowest BCUT2D eigenvalue weighted by atomic mass is 9.89. The maximum atomic E-state index is 12.5. The van der Waals surface area contributed by atoms with E-state index in [1.165, 1.54) is 5.56 Å². The molecule has 1 aromatic carbocycles. The van der Waals surface area contributed by atoms with E-state index in [2.05, 4.69) is 51.9 Å². The number of benzene rings is 1. The fourth-order valence-electron chi connectivity index (χ4n) is 2.97. The smallest absolute Gasteiger partial charge is 0.223 e. The molecular weight excluding hydrogens is 276 g/mol. The third kappa shape index (κ3) is 3.03. The van der Waals surface area contributed by atoms with E-state index >= 15 is 0 Å². The van der Waals surface area contributed by atoms with Crippen LogP contribution in [0.25, 0.3) is 0 Å². The zero-order valence-corrected chi connectivity index (χ0v) is 13.1. The van der Waals surface area contributed by atoms with Gasteiger partial charge in [-0.25, -0.2) is 0 Å². The Kier molecular flexibility index (Phi) is 4.22. The Morgan fingerprint density at radius 3 is 2.77 bits per heavy atom. The minimum atomic E-state index is -0.00466. The van der Waals surface area contributed by atoms with E-state index in [1.54, 1.807) is 0 Å². The number of rotatable bonds is 4. The Morgan fingerprint density at radius 1 is 1.32 bits per heavy atom. The molecule has 1 aromatic heterocycles. The van der Waals surface area contributed by atoms with Crippen LogP contribution in [0.5, 0.6) is 0 Å². The first kappa shape index (κ1) is 14.8. The lowest BCUT2D eigenvalue weighted by Gasteiger charge is -2.22. The number of carbonyl (C=O) groups excluding carboxylic acids is 1. The molecule has 1 amide bonds. The second-order valence-electron chi connectivity index (χ2n) is 5.98. The predicted octanol–water partition coefficient (Wildman–Crippen LogP) is 2.35. The second kappa shape index (κ2) is 6.30.